The van der Waals surface area contributed by atoms with Crippen molar-refractivity contribution >= 4 is 17.1 Å². The van der Waals surface area contributed by atoms with E-state index in [4.69, 9.17) is 21.3 Å². The van der Waals surface area contributed by atoms with Crippen molar-refractivity contribution < 1.29 is 9.84 Å². The topological polar surface area (TPSA) is 93.5 Å². The van der Waals surface area contributed by atoms with Crippen LogP contribution in [0, 0.1) is 0 Å². The summed E-state index contributed by atoms with van der Waals surface area (Å²) >= 11 is 0. The minimum Gasteiger partial charge on any atom is -0.491 e. The van der Waals surface area contributed by atoms with Gasteiger partial charge in [-0.25, -0.2) is 0 Å². The van der Waals surface area contributed by atoms with Gasteiger partial charge < -0.3 is 26.6 Å². The first-order chi connectivity index (χ1) is 10.2. The van der Waals surface area contributed by atoms with E-state index < -0.39 is 0 Å². The zero-order valence-electron chi connectivity index (χ0n) is 11.9. The number of nitrogens with one attached hydrogen (secondary N) is 1. The highest BCUT2D eigenvalue weighted by Crippen LogP contribution is 2.27. The van der Waals surface area contributed by atoms with Gasteiger partial charge in [-0.05, 0) is 35.9 Å². The van der Waals surface area contributed by atoms with Crippen LogP contribution in [0.4, 0.5) is 17.1 Å². The van der Waals surface area contributed by atoms with Gasteiger partial charge in [0.15, 0.2) is 0 Å². The lowest BCUT2D eigenvalue weighted by molar-refractivity contribution is 0.234. The lowest BCUT2D eigenvalue weighted by atomic mass is 10.2. The minimum absolute atomic E-state index is 0.112. The zero-order valence-corrected chi connectivity index (χ0v) is 11.9. The van der Waals surface area contributed by atoms with E-state index >= 15 is 0 Å². The van der Waals surface area contributed by atoms with Crippen LogP contribution in [0.3, 0.4) is 0 Å². The van der Waals surface area contributed by atoms with E-state index in [2.05, 4.69) is 5.32 Å². The molecule has 0 atom stereocenters. The summed E-state index contributed by atoms with van der Waals surface area (Å²) in [7, 11) is 0. The highest BCUT2D eigenvalue weighted by atomic mass is 16.5. The van der Waals surface area contributed by atoms with Gasteiger partial charge in [-0.2, -0.15) is 0 Å². The predicted molar refractivity (Wildman–Crippen MR) is 86.2 cm³/mol. The highest BCUT2D eigenvalue weighted by molar-refractivity contribution is 5.63. The first-order valence-corrected chi connectivity index (χ1v) is 6.90. The molecule has 0 heterocycles. The number of ether oxygens (including phenoxy) is 1. The molecule has 2 rings (SSSR count). The Morgan fingerprint density at radius 3 is 2.62 bits per heavy atom. The van der Waals surface area contributed by atoms with Gasteiger partial charge in [0, 0.05) is 30.9 Å². The molecule has 5 nitrogen and oxygen atoms in total. The van der Waals surface area contributed by atoms with Gasteiger partial charge in [0.2, 0.25) is 0 Å². The van der Waals surface area contributed by atoms with Crippen molar-refractivity contribution in [1.82, 2.24) is 0 Å². The largest absolute Gasteiger partial charge is 0.491 e. The van der Waals surface area contributed by atoms with E-state index in [1.165, 1.54) is 0 Å². The number of benzene rings is 2. The van der Waals surface area contributed by atoms with Crippen molar-refractivity contribution in [2.45, 2.75) is 13.0 Å². The molecule has 0 unspecified atom stereocenters. The first kappa shape index (κ1) is 15.0. The second-order valence-electron chi connectivity index (χ2n) is 4.78. The van der Waals surface area contributed by atoms with Crippen molar-refractivity contribution in [3.8, 4) is 5.75 Å². The fourth-order valence-electron chi connectivity index (χ4n) is 1.96. The molecule has 0 aromatic heterocycles. The SMILES string of the molecule is Nc1cccc(CNc2cc(N)ccc2OCCCO)c1. The second kappa shape index (κ2) is 7.40. The number of hydrogen-bond donors (Lipinski definition) is 4. The predicted octanol–water partition coefficient (Wildman–Crippen LogP) is 2.22. The average molecular weight is 287 g/mol. The van der Waals surface area contributed by atoms with Crippen LogP contribution in [-0.2, 0) is 6.54 Å². The van der Waals surface area contributed by atoms with E-state index in [1.807, 2.05) is 36.4 Å². The van der Waals surface area contributed by atoms with Gasteiger partial charge in [0.1, 0.15) is 5.75 Å². The Labute approximate surface area is 124 Å². The van der Waals surface area contributed by atoms with E-state index in [-0.39, 0.29) is 6.61 Å². The Morgan fingerprint density at radius 1 is 1.05 bits per heavy atom. The normalized spacial score (nSPS) is 10.3. The summed E-state index contributed by atoms with van der Waals surface area (Å²) in [5.74, 6) is 0.724. The van der Waals surface area contributed by atoms with Crippen LogP contribution >= 0.6 is 0 Å². The maximum Gasteiger partial charge on any atom is 0.142 e. The molecule has 21 heavy (non-hydrogen) atoms. The van der Waals surface area contributed by atoms with Gasteiger partial charge in [-0.1, -0.05) is 12.1 Å². The third kappa shape index (κ3) is 4.57. The van der Waals surface area contributed by atoms with E-state index in [1.54, 1.807) is 6.07 Å². The maximum atomic E-state index is 8.81. The summed E-state index contributed by atoms with van der Waals surface area (Å²) in [5.41, 5.74) is 14.9. The molecule has 0 saturated heterocycles. The lowest BCUT2D eigenvalue weighted by Crippen LogP contribution is -2.05. The van der Waals surface area contributed by atoms with Crippen LogP contribution in [0.15, 0.2) is 42.5 Å². The fraction of sp³-hybridized carbons (Fsp3) is 0.250. The van der Waals surface area contributed by atoms with Crippen LogP contribution in [0.1, 0.15) is 12.0 Å². The molecule has 0 saturated carbocycles. The summed E-state index contributed by atoms with van der Waals surface area (Å²) in [6.45, 7) is 1.21. The Kier molecular flexibility index (Phi) is 5.29. The van der Waals surface area contributed by atoms with Crippen molar-refractivity contribution in [3.05, 3.63) is 48.0 Å². The van der Waals surface area contributed by atoms with Crippen LogP contribution in [0.5, 0.6) is 5.75 Å². The van der Waals surface area contributed by atoms with Crippen LogP contribution in [0.25, 0.3) is 0 Å². The Hall–Kier alpha value is -2.40. The quantitative estimate of drug-likeness (QED) is 0.463. The fourth-order valence-corrected chi connectivity index (χ4v) is 1.96. The number of rotatable bonds is 7. The number of nitrogen functional groups attached to an aromatic ring is 2. The molecule has 6 N–H and O–H groups in total. The van der Waals surface area contributed by atoms with Crippen molar-refractivity contribution in [2.24, 2.45) is 0 Å². The zero-order chi connectivity index (χ0) is 15.1. The minimum atomic E-state index is 0.112. The molecule has 5 heteroatoms. The van der Waals surface area contributed by atoms with Gasteiger partial charge >= 0.3 is 0 Å². The summed E-state index contributed by atoms with van der Waals surface area (Å²) in [6.07, 6.45) is 0.596. The van der Waals surface area contributed by atoms with Gasteiger partial charge in [-0.3, -0.25) is 0 Å². The van der Waals surface area contributed by atoms with Crippen molar-refractivity contribution in [2.75, 3.05) is 30.0 Å². The molecule has 0 aliphatic heterocycles. The standard InChI is InChI=1S/C16H21N3O2/c17-13-4-1-3-12(9-13)11-19-15-10-14(18)5-6-16(15)21-8-2-7-20/h1,3-6,9-10,19-20H,2,7-8,11,17-18H2. The summed E-state index contributed by atoms with van der Waals surface area (Å²) < 4.78 is 5.64. The number of anilines is 3. The second-order valence-corrected chi connectivity index (χ2v) is 4.78. The number of aliphatic hydroxyl groups is 1. The molecule has 0 bridgehead atoms. The molecule has 0 amide bonds. The van der Waals surface area contributed by atoms with Crippen LogP contribution < -0.4 is 21.5 Å². The lowest BCUT2D eigenvalue weighted by Gasteiger charge is -2.14. The maximum absolute atomic E-state index is 8.81. The third-order valence-corrected chi connectivity index (χ3v) is 3.00. The van der Waals surface area contributed by atoms with E-state index in [0.717, 1.165) is 22.7 Å². The first-order valence-electron chi connectivity index (χ1n) is 6.90. The molecule has 2 aromatic rings. The molecule has 0 aliphatic carbocycles. The molecule has 2 aromatic carbocycles. The number of nitrogens with two attached hydrogens (primary N) is 2. The average Bonchev–Trinajstić information content (AvgIpc) is 2.47. The summed E-state index contributed by atoms with van der Waals surface area (Å²) in [6, 6.07) is 13.2. The molecule has 0 radical (unpaired) electrons. The number of hydrogen-bond acceptors (Lipinski definition) is 5. The van der Waals surface area contributed by atoms with Crippen molar-refractivity contribution in [3.63, 3.8) is 0 Å². The Morgan fingerprint density at radius 2 is 1.86 bits per heavy atom. The highest BCUT2D eigenvalue weighted by Gasteiger charge is 2.05. The molecule has 0 fully saturated rings. The summed E-state index contributed by atoms with van der Waals surface area (Å²) in [5, 5.41) is 12.1. The molecule has 0 aliphatic rings. The van der Waals surface area contributed by atoms with Gasteiger partial charge in [-0.15, -0.1) is 0 Å². The third-order valence-electron chi connectivity index (χ3n) is 3.00. The molecular formula is C16H21N3O2. The monoisotopic (exact) mass is 287 g/mol. The van der Waals surface area contributed by atoms with Gasteiger partial charge in [0.05, 0.1) is 12.3 Å². The summed E-state index contributed by atoms with van der Waals surface area (Å²) in [4.78, 5) is 0. The smallest absolute Gasteiger partial charge is 0.142 e. The molecule has 112 valence electrons. The van der Waals surface area contributed by atoms with Crippen LogP contribution in [0.2, 0.25) is 0 Å². The molecule has 0 spiro atoms. The van der Waals surface area contributed by atoms with E-state index in [0.29, 0.717) is 25.3 Å². The Bertz CT molecular complexity index is 587. The Balaban J connectivity index is 2.05. The van der Waals surface area contributed by atoms with Crippen molar-refractivity contribution in [1.29, 1.82) is 0 Å². The van der Waals surface area contributed by atoms with E-state index in [9.17, 15) is 0 Å². The van der Waals surface area contributed by atoms with Gasteiger partial charge in [0.25, 0.3) is 0 Å². The molecular weight excluding hydrogens is 266 g/mol. The van der Waals surface area contributed by atoms with Crippen LogP contribution in [-0.4, -0.2) is 18.3 Å². The number of aliphatic hydroxyl groups excluding tert-OH is 1.